The van der Waals surface area contributed by atoms with Crippen LogP contribution in [0.25, 0.3) is 11.1 Å². The van der Waals surface area contributed by atoms with Crippen molar-refractivity contribution in [3.63, 3.8) is 0 Å². The van der Waals surface area contributed by atoms with Gasteiger partial charge in [-0.05, 0) is 22.8 Å². The van der Waals surface area contributed by atoms with Crippen molar-refractivity contribution < 1.29 is 4.74 Å². The largest absolute Gasteiger partial charge is 0.481 e. The summed E-state index contributed by atoms with van der Waals surface area (Å²) >= 11 is 0. The molecule has 1 aromatic carbocycles. The molecule has 0 amide bonds. The lowest BCUT2D eigenvalue weighted by Gasteiger charge is -2.08. The Morgan fingerprint density at radius 1 is 1.25 bits per heavy atom. The van der Waals surface area contributed by atoms with Crippen LogP contribution < -0.4 is 10.5 Å². The maximum Gasteiger partial charge on any atom is 0.213 e. The van der Waals surface area contributed by atoms with E-state index >= 15 is 0 Å². The van der Waals surface area contributed by atoms with Crippen molar-refractivity contribution in [2.24, 2.45) is 5.73 Å². The lowest BCUT2D eigenvalue weighted by atomic mass is 10.0. The monoisotopic (exact) mass is 214 g/mol. The number of hydrogen-bond acceptors (Lipinski definition) is 3. The summed E-state index contributed by atoms with van der Waals surface area (Å²) in [4.78, 5) is 4.09. The van der Waals surface area contributed by atoms with Crippen LogP contribution in [-0.4, -0.2) is 12.1 Å². The first-order valence-electron chi connectivity index (χ1n) is 5.13. The molecule has 1 heterocycles. The van der Waals surface area contributed by atoms with Gasteiger partial charge >= 0.3 is 0 Å². The molecule has 0 aliphatic heterocycles. The van der Waals surface area contributed by atoms with Crippen LogP contribution in [0.2, 0.25) is 0 Å². The highest BCUT2D eigenvalue weighted by molar-refractivity contribution is 5.67. The maximum atomic E-state index is 5.71. The number of hydrogen-bond donors (Lipinski definition) is 1. The minimum Gasteiger partial charge on any atom is -0.481 e. The number of pyridine rings is 1. The van der Waals surface area contributed by atoms with Crippen molar-refractivity contribution in [3.05, 3.63) is 48.2 Å². The van der Waals surface area contributed by atoms with Gasteiger partial charge in [-0.1, -0.05) is 24.3 Å². The van der Waals surface area contributed by atoms with Crippen LogP contribution in [0.1, 0.15) is 5.56 Å². The smallest absolute Gasteiger partial charge is 0.213 e. The van der Waals surface area contributed by atoms with E-state index in [0.29, 0.717) is 12.4 Å². The molecule has 0 fully saturated rings. The molecule has 0 aliphatic rings. The number of aromatic nitrogens is 1. The molecule has 3 nitrogen and oxygen atoms in total. The summed E-state index contributed by atoms with van der Waals surface area (Å²) in [6, 6.07) is 11.9. The molecule has 0 bridgehead atoms. The first kappa shape index (κ1) is 10.6. The third-order valence-corrected chi connectivity index (χ3v) is 2.49. The van der Waals surface area contributed by atoms with Crippen molar-refractivity contribution >= 4 is 0 Å². The Hall–Kier alpha value is -1.87. The summed E-state index contributed by atoms with van der Waals surface area (Å²) in [7, 11) is 1.61. The molecular weight excluding hydrogens is 200 g/mol. The summed E-state index contributed by atoms with van der Waals surface area (Å²) in [5.74, 6) is 0.615. The van der Waals surface area contributed by atoms with Crippen LogP contribution in [-0.2, 0) is 6.54 Å². The molecule has 82 valence electrons. The van der Waals surface area contributed by atoms with Crippen molar-refractivity contribution in [2.75, 3.05) is 7.11 Å². The third-order valence-electron chi connectivity index (χ3n) is 2.49. The van der Waals surface area contributed by atoms with E-state index in [4.69, 9.17) is 10.5 Å². The van der Waals surface area contributed by atoms with Crippen LogP contribution in [0.5, 0.6) is 5.88 Å². The number of benzene rings is 1. The molecule has 0 saturated heterocycles. The van der Waals surface area contributed by atoms with Crippen LogP contribution in [0, 0.1) is 0 Å². The zero-order chi connectivity index (χ0) is 11.4. The fraction of sp³-hybridized carbons (Fsp3) is 0.154. The Morgan fingerprint density at radius 3 is 2.81 bits per heavy atom. The molecule has 0 radical (unpaired) electrons. The second-order valence-corrected chi connectivity index (χ2v) is 3.45. The van der Waals surface area contributed by atoms with Gasteiger partial charge in [-0.15, -0.1) is 0 Å². The van der Waals surface area contributed by atoms with E-state index in [0.717, 1.165) is 16.7 Å². The highest BCUT2D eigenvalue weighted by Crippen LogP contribution is 2.25. The average molecular weight is 214 g/mol. The number of nitrogens with two attached hydrogens (primary N) is 1. The second kappa shape index (κ2) is 4.77. The first-order valence-corrected chi connectivity index (χ1v) is 5.13. The van der Waals surface area contributed by atoms with E-state index in [9.17, 15) is 0 Å². The number of nitrogens with zero attached hydrogens (tertiary/aromatic N) is 1. The predicted molar refractivity (Wildman–Crippen MR) is 64.1 cm³/mol. The van der Waals surface area contributed by atoms with Gasteiger partial charge in [0.25, 0.3) is 0 Å². The summed E-state index contributed by atoms with van der Waals surface area (Å²) < 4.78 is 5.11. The van der Waals surface area contributed by atoms with Crippen molar-refractivity contribution in [1.82, 2.24) is 4.98 Å². The number of methoxy groups -OCH3 is 1. The second-order valence-electron chi connectivity index (χ2n) is 3.45. The van der Waals surface area contributed by atoms with E-state index < -0.39 is 0 Å². The van der Waals surface area contributed by atoms with Gasteiger partial charge in [0.15, 0.2) is 0 Å². The standard InChI is InChI=1S/C13H14N2O/c1-16-13-8-10(6-7-15-13)12-5-3-2-4-11(12)9-14/h2-8H,9,14H2,1H3. The zero-order valence-electron chi connectivity index (χ0n) is 9.18. The fourth-order valence-electron chi connectivity index (χ4n) is 1.67. The molecule has 0 unspecified atom stereocenters. The Kier molecular flexibility index (Phi) is 3.17. The topological polar surface area (TPSA) is 48.1 Å². The van der Waals surface area contributed by atoms with Crippen LogP contribution in [0.4, 0.5) is 0 Å². The minimum absolute atomic E-state index is 0.529. The Morgan fingerprint density at radius 2 is 2.06 bits per heavy atom. The Bertz CT molecular complexity index is 483. The van der Waals surface area contributed by atoms with Gasteiger partial charge < -0.3 is 10.5 Å². The molecule has 3 heteroatoms. The van der Waals surface area contributed by atoms with E-state index in [1.54, 1.807) is 13.3 Å². The fourth-order valence-corrected chi connectivity index (χ4v) is 1.67. The lowest BCUT2D eigenvalue weighted by Crippen LogP contribution is -1.98. The molecule has 16 heavy (non-hydrogen) atoms. The zero-order valence-corrected chi connectivity index (χ0v) is 9.18. The van der Waals surface area contributed by atoms with Gasteiger partial charge in [-0.2, -0.15) is 0 Å². The van der Waals surface area contributed by atoms with Crippen molar-refractivity contribution in [2.45, 2.75) is 6.54 Å². The summed E-state index contributed by atoms with van der Waals surface area (Å²) in [5, 5.41) is 0. The van der Waals surface area contributed by atoms with Crippen molar-refractivity contribution in [1.29, 1.82) is 0 Å². The summed E-state index contributed by atoms with van der Waals surface area (Å²) in [5.41, 5.74) is 9.04. The van der Waals surface area contributed by atoms with Gasteiger partial charge in [-0.3, -0.25) is 0 Å². The highest BCUT2D eigenvalue weighted by atomic mass is 16.5. The Balaban J connectivity index is 2.49. The van der Waals surface area contributed by atoms with Crippen LogP contribution in [0.15, 0.2) is 42.6 Å². The molecule has 0 aliphatic carbocycles. The molecule has 0 spiro atoms. The average Bonchev–Trinajstić information content (AvgIpc) is 2.38. The number of rotatable bonds is 3. The van der Waals surface area contributed by atoms with E-state index in [1.807, 2.05) is 30.3 Å². The van der Waals surface area contributed by atoms with Gasteiger partial charge in [0, 0.05) is 18.8 Å². The highest BCUT2D eigenvalue weighted by Gasteiger charge is 2.04. The van der Waals surface area contributed by atoms with Gasteiger partial charge in [-0.25, -0.2) is 4.98 Å². The molecule has 2 rings (SSSR count). The van der Waals surface area contributed by atoms with Crippen LogP contribution >= 0.6 is 0 Å². The van der Waals surface area contributed by atoms with E-state index in [1.165, 1.54) is 0 Å². The van der Waals surface area contributed by atoms with Gasteiger partial charge in [0.2, 0.25) is 5.88 Å². The quantitative estimate of drug-likeness (QED) is 0.852. The molecule has 2 N–H and O–H groups in total. The molecule has 0 atom stereocenters. The van der Waals surface area contributed by atoms with Crippen LogP contribution in [0.3, 0.4) is 0 Å². The van der Waals surface area contributed by atoms with Gasteiger partial charge in [0.1, 0.15) is 0 Å². The van der Waals surface area contributed by atoms with Gasteiger partial charge in [0.05, 0.1) is 7.11 Å². The predicted octanol–water partition coefficient (Wildman–Crippen LogP) is 2.22. The number of ether oxygens (including phenoxy) is 1. The molecule has 2 aromatic rings. The lowest BCUT2D eigenvalue weighted by molar-refractivity contribution is 0.398. The van der Waals surface area contributed by atoms with E-state index in [-0.39, 0.29) is 0 Å². The maximum absolute atomic E-state index is 5.71. The van der Waals surface area contributed by atoms with E-state index in [2.05, 4.69) is 11.1 Å². The third kappa shape index (κ3) is 2.04. The summed E-state index contributed by atoms with van der Waals surface area (Å²) in [6.45, 7) is 0.529. The molecular formula is C13H14N2O. The SMILES string of the molecule is COc1cc(-c2ccccc2CN)ccn1. The van der Waals surface area contributed by atoms with Crippen molar-refractivity contribution in [3.8, 4) is 17.0 Å². The molecule has 0 saturated carbocycles. The Labute approximate surface area is 94.9 Å². The first-order chi connectivity index (χ1) is 7.85. The normalized spacial score (nSPS) is 10.1. The molecule has 1 aromatic heterocycles. The minimum atomic E-state index is 0.529. The summed E-state index contributed by atoms with van der Waals surface area (Å²) in [6.07, 6.45) is 1.74.